The van der Waals surface area contributed by atoms with Crippen molar-refractivity contribution < 1.29 is 38.8 Å². The Balaban J connectivity index is 2.00. The highest BCUT2D eigenvalue weighted by Gasteiger charge is 2.34. The van der Waals surface area contributed by atoms with Gasteiger partial charge in [-0.1, -0.05) is 41.6 Å². The van der Waals surface area contributed by atoms with Crippen LogP contribution in [0.3, 0.4) is 0 Å². The molecule has 0 bridgehead atoms. The largest absolute Gasteiger partial charge is 0.506 e. The minimum absolute atomic E-state index is 0.0337. The number of hydrogen-bond acceptors (Lipinski definition) is 8. The molecule has 0 aliphatic carbocycles. The quantitative estimate of drug-likeness (QED) is 0.433. The van der Waals surface area contributed by atoms with Gasteiger partial charge in [0.2, 0.25) is 0 Å². The number of amides is 1. The normalized spacial score (nSPS) is 15.3. The van der Waals surface area contributed by atoms with Crippen LogP contribution in [0.5, 0.6) is 11.5 Å². The predicted molar refractivity (Wildman–Crippen MR) is 136 cm³/mol. The lowest BCUT2D eigenvalue weighted by Crippen LogP contribution is -2.14. The van der Waals surface area contributed by atoms with E-state index in [-0.39, 0.29) is 38.5 Å². The second-order valence-electron chi connectivity index (χ2n) is 7.08. The van der Waals surface area contributed by atoms with Crippen molar-refractivity contribution in [1.29, 1.82) is 0 Å². The zero-order chi connectivity index (χ0) is 26.2. The van der Waals surface area contributed by atoms with Crippen LogP contribution in [-0.2, 0) is 14.3 Å². The van der Waals surface area contributed by atoms with Crippen LogP contribution in [0.25, 0.3) is 6.08 Å². The van der Waals surface area contributed by atoms with E-state index < -0.39 is 30.2 Å². The maximum Gasteiger partial charge on any atom is 0.344 e. The maximum atomic E-state index is 12.7. The second-order valence-corrected chi connectivity index (χ2v) is 8.52. The SMILES string of the molecule is CCOC(=O)C1=C(O)/C(=C/c2ccc(OCC(=O)O)c(OCC)c2)SC1=NC(=O)c1ccccc1Cl. The molecule has 0 radical (unpaired) electrons. The van der Waals surface area contributed by atoms with Gasteiger partial charge in [-0.3, -0.25) is 4.79 Å². The number of carboxylic acid groups (broad SMARTS) is 1. The Morgan fingerprint density at radius 3 is 2.47 bits per heavy atom. The number of thioether (sulfide) groups is 1. The first-order chi connectivity index (χ1) is 17.2. The second kappa shape index (κ2) is 12.3. The minimum Gasteiger partial charge on any atom is -0.506 e. The van der Waals surface area contributed by atoms with Crippen LogP contribution in [-0.4, -0.2) is 52.9 Å². The molecule has 0 spiro atoms. The van der Waals surface area contributed by atoms with E-state index in [0.29, 0.717) is 17.9 Å². The van der Waals surface area contributed by atoms with Gasteiger partial charge in [0.25, 0.3) is 5.91 Å². The number of carbonyl (C=O) groups excluding carboxylic acids is 2. The highest BCUT2D eigenvalue weighted by Crippen LogP contribution is 2.40. The highest BCUT2D eigenvalue weighted by molar-refractivity contribution is 8.18. The lowest BCUT2D eigenvalue weighted by atomic mass is 10.1. The number of hydrogen-bond donors (Lipinski definition) is 2. The van der Waals surface area contributed by atoms with Crippen LogP contribution < -0.4 is 9.47 Å². The fourth-order valence-corrected chi connectivity index (χ4v) is 4.30. The zero-order valence-corrected chi connectivity index (χ0v) is 20.9. The topological polar surface area (TPSA) is 132 Å². The Labute approximate surface area is 216 Å². The van der Waals surface area contributed by atoms with Crippen molar-refractivity contribution in [1.82, 2.24) is 0 Å². The summed E-state index contributed by atoms with van der Waals surface area (Å²) in [6, 6.07) is 11.1. The van der Waals surface area contributed by atoms with Crippen LogP contribution in [0.1, 0.15) is 29.8 Å². The number of nitrogens with zero attached hydrogens (tertiary/aromatic N) is 1. The molecule has 1 aliphatic heterocycles. The average Bonchev–Trinajstić information content (AvgIpc) is 3.13. The van der Waals surface area contributed by atoms with Gasteiger partial charge in [0.1, 0.15) is 16.4 Å². The fourth-order valence-electron chi connectivity index (χ4n) is 3.07. The van der Waals surface area contributed by atoms with Crippen LogP contribution >= 0.6 is 23.4 Å². The van der Waals surface area contributed by atoms with Crippen molar-refractivity contribution in [3.05, 3.63) is 74.9 Å². The van der Waals surface area contributed by atoms with Gasteiger partial charge < -0.3 is 24.4 Å². The standard InChI is InChI=1S/C25H22ClNO8S/c1-3-33-18-11-14(9-10-17(18)35-13-20(28)29)12-19-22(30)21(25(32)34-4-2)24(36-19)27-23(31)15-7-5-6-8-16(15)26/h5-12,30H,3-4,13H2,1-2H3,(H,28,29)/b19-12-,27-24?. The summed E-state index contributed by atoms with van der Waals surface area (Å²) in [5.74, 6) is -2.51. The van der Waals surface area contributed by atoms with Crippen LogP contribution in [0.15, 0.2) is 63.7 Å². The number of benzene rings is 2. The summed E-state index contributed by atoms with van der Waals surface area (Å²) in [6.45, 7) is 3.20. The average molecular weight is 532 g/mol. The number of rotatable bonds is 9. The fraction of sp³-hybridized carbons (Fsp3) is 0.200. The number of aliphatic imine (C=N–C) groups is 1. The number of carbonyl (C=O) groups is 3. The molecule has 188 valence electrons. The zero-order valence-electron chi connectivity index (χ0n) is 19.3. The van der Waals surface area contributed by atoms with Crippen molar-refractivity contribution in [2.45, 2.75) is 13.8 Å². The van der Waals surface area contributed by atoms with E-state index in [1.807, 2.05) is 0 Å². The van der Waals surface area contributed by atoms with Crippen molar-refractivity contribution in [3.63, 3.8) is 0 Å². The first-order valence-electron chi connectivity index (χ1n) is 10.7. The van der Waals surface area contributed by atoms with Gasteiger partial charge in [-0.05, 0) is 49.8 Å². The molecule has 0 aromatic heterocycles. The number of aliphatic hydroxyl groups is 1. The molecule has 0 unspecified atom stereocenters. The Morgan fingerprint density at radius 1 is 1.06 bits per heavy atom. The summed E-state index contributed by atoms with van der Waals surface area (Å²) in [6.07, 6.45) is 1.56. The van der Waals surface area contributed by atoms with E-state index in [0.717, 1.165) is 11.8 Å². The first kappa shape index (κ1) is 26.8. The molecule has 2 aromatic rings. The third-order valence-electron chi connectivity index (χ3n) is 4.59. The van der Waals surface area contributed by atoms with E-state index >= 15 is 0 Å². The summed E-state index contributed by atoms with van der Waals surface area (Å²) in [5.41, 5.74) is 0.461. The molecule has 36 heavy (non-hydrogen) atoms. The Morgan fingerprint density at radius 2 is 1.81 bits per heavy atom. The number of esters is 1. The summed E-state index contributed by atoms with van der Waals surface area (Å²) >= 11 is 7.01. The minimum atomic E-state index is -1.13. The van der Waals surface area contributed by atoms with Crippen molar-refractivity contribution in [3.8, 4) is 11.5 Å². The van der Waals surface area contributed by atoms with Gasteiger partial charge in [0, 0.05) is 0 Å². The molecule has 0 saturated heterocycles. The number of halogens is 1. The van der Waals surface area contributed by atoms with E-state index in [1.54, 1.807) is 50.3 Å². The molecule has 1 heterocycles. The predicted octanol–water partition coefficient (Wildman–Crippen LogP) is 4.90. The summed E-state index contributed by atoms with van der Waals surface area (Å²) in [4.78, 5) is 40.4. The lowest BCUT2D eigenvalue weighted by molar-refractivity contribution is -0.139. The molecule has 1 amide bonds. The van der Waals surface area contributed by atoms with Crippen molar-refractivity contribution in [2.75, 3.05) is 19.8 Å². The molecule has 0 fully saturated rings. The van der Waals surface area contributed by atoms with Crippen LogP contribution in [0.2, 0.25) is 5.02 Å². The molecule has 11 heteroatoms. The highest BCUT2D eigenvalue weighted by atomic mass is 35.5. The molecule has 2 N–H and O–H groups in total. The summed E-state index contributed by atoms with van der Waals surface area (Å²) < 4.78 is 15.8. The van der Waals surface area contributed by atoms with E-state index in [2.05, 4.69) is 4.99 Å². The van der Waals surface area contributed by atoms with Crippen molar-refractivity contribution >= 4 is 52.3 Å². The van der Waals surface area contributed by atoms with Gasteiger partial charge in [-0.25, -0.2) is 14.6 Å². The van der Waals surface area contributed by atoms with Gasteiger partial charge in [-0.15, -0.1) is 0 Å². The number of aliphatic carboxylic acids is 1. The van der Waals surface area contributed by atoms with Crippen molar-refractivity contribution in [2.24, 2.45) is 4.99 Å². The lowest BCUT2D eigenvalue weighted by Gasteiger charge is -2.11. The first-order valence-corrected chi connectivity index (χ1v) is 11.9. The maximum absolute atomic E-state index is 12.7. The number of carboxylic acids is 1. The Bertz CT molecular complexity index is 1280. The smallest absolute Gasteiger partial charge is 0.344 e. The van der Waals surface area contributed by atoms with Gasteiger partial charge in [-0.2, -0.15) is 0 Å². The summed E-state index contributed by atoms with van der Waals surface area (Å²) in [5, 5.41) is 19.9. The third-order valence-corrected chi connectivity index (χ3v) is 5.94. The van der Waals surface area contributed by atoms with Gasteiger partial charge in [0.05, 0.1) is 28.7 Å². The Kier molecular flexibility index (Phi) is 9.15. The molecule has 0 atom stereocenters. The number of ether oxygens (including phenoxy) is 3. The van der Waals surface area contributed by atoms with Crippen LogP contribution in [0.4, 0.5) is 0 Å². The molecular formula is C25H22ClNO8S. The van der Waals surface area contributed by atoms with E-state index in [4.69, 9.17) is 30.9 Å². The molecule has 3 rings (SSSR count). The number of aliphatic hydroxyl groups excluding tert-OH is 1. The van der Waals surface area contributed by atoms with Crippen LogP contribution in [0, 0.1) is 0 Å². The summed E-state index contributed by atoms with van der Waals surface area (Å²) in [7, 11) is 0. The molecule has 2 aromatic carbocycles. The third kappa shape index (κ3) is 6.46. The van der Waals surface area contributed by atoms with Gasteiger partial charge >= 0.3 is 11.9 Å². The molecule has 1 aliphatic rings. The monoisotopic (exact) mass is 531 g/mol. The molecule has 9 nitrogen and oxygen atoms in total. The molecular weight excluding hydrogens is 510 g/mol. The van der Waals surface area contributed by atoms with E-state index in [1.165, 1.54) is 12.1 Å². The Hall–Kier alpha value is -3.76. The van der Waals surface area contributed by atoms with E-state index in [9.17, 15) is 19.5 Å². The molecule has 0 saturated carbocycles. The van der Waals surface area contributed by atoms with Gasteiger partial charge in [0.15, 0.2) is 18.1 Å².